The van der Waals surface area contributed by atoms with E-state index in [2.05, 4.69) is 0 Å². The predicted octanol–water partition coefficient (Wildman–Crippen LogP) is 1.04. The lowest BCUT2D eigenvalue weighted by Crippen LogP contribution is -2.49. The SMILES string of the molecule is O=C(O)[C@]1(O)C=C(Oc2ccc3ccccc3c2)[C@@H](O)[C@H](O)C1. The highest BCUT2D eigenvalue weighted by molar-refractivity contribution is 5.84. The molecule has 6 heteroatoms. The number of ether oxygens (including phenoxy) is 1. The zero-order valence-corrected chi connectivity index (χ0v) is 12.1. The Labute approximate surface area is 131 Å². The molecule has 0 saturated heterocycles. The van der Waals surface area contributed by atoms with Crippen molar-refractivity contribution in [3.63, 3.8) is 0 Å². The van der Waals surface area contributed by atoms with Crippen LogP contribution in [0.2, 0.25) is 0 Å². The van der Waals surface area contributed by atoms with E-state index in [-0.39, 0.29) is 5.76 Å². The molecule has 0 saturated carbocycles. The van der Waals surface area contributed by atoms with E-state index in [4.69, 9.17) is 9.84 Å². The molecule has 0 unspecified atom stereocenters. The fourth-order valence-electron chi connectivity index (χ4n) is 2.61. The zero-order valence-electron chi connectivity index (χ0n) is 12.1. The van der Waals surface area contributed by atoms with Crippen molar-refractivity contribution < 1.29 is 30.0 Å². The van der Waals surface area contributed by atoms with Crippen molar-refractivity contribution in [1.29, 1.82) is 0 Å². The quantitative estimate of drug-likeness (QED) is 0.674. The first-order chi connectivity index (χ1) is 10.9. The van der Waals surface area contributed by atoms with Gasteiger partial charge in [-0.2, -0.15) is 0 Å². The first-order valence-electron chi connectivity index (χ1n) is 7.10. The van der Waals surface area contributed by atoms with E-state index in [0.717, 1.165) is 16.8 Å². The van der Waals surface area contributed by atoms with Crippen LogP contribution in [-0.2, 0) is 4.79 Å². The second-order valence-electron chi connectivity index (χ2n) is 5.60. The zero-order chi connectivity index (χ0) is 16.6. The molecule has 3 atom stereocenters. The monoisotopic (exact) mass is 316 g/mol. The molecule has 0 heterocycles. The van der Waals surface area contributed by atoms with Crippen molar-refractivity contribution in [3.8, 4) is 5.75 Å². The third kappa shape index (κ3) is 2.92. The van der Waals surface area contributed by atoms with E-state index in [1.165, 1.54) is 0 Å². The van der Waals surface area contributed by atoms with Crippen molar-refractivity contribution in [2.75, 3.05) is 0 Å². The molecule has 6 nitrogen and oxygen atoms in total. The Morgan fingerprint density at radius 1 is 1.13 bits per heavy atom. The maximum atomic E-state index is 11.2. The molecule has 0 radical (unpaired) electrons. The minimum absolute atomic E-state index is 0.191. The molecule has 3 rings (SSSR count). The van der Waals surface area contributed by atoms with Crippen molar-refractivity contribution in [1.82, 2.24) is 0 Å². The molecule has 2 aromatic carbocycles. The van der Waals surface area contributed by atoms with Crippen LogP contribution in [0.4, 0.5) is 0 Å². The molecule has 0 fully saturated rings. The highest BCUT2D eigenvalue weighted by Crippen LogP contribution is 2.30. The van der Waals surface area contributed by atoms with Crippen molar-refractivity contribution >= 4 is 16.7 Å². The summed E-state index contributed by atoms with van der Waals surface area (Å²) in [6.07, 6.45) is -2.41. The fourth-order valence-corrected chi connectivity index (χ4v) is 2.61. The largest absolute Gasteiger partial charge is 0.479 e. The minimum atomic E-state index is -2.27. The number of rotatable bonds is 3. The average molecular weight is 316 g/mol. The van der Waals surface area contributed by atoms with E-state index in [0.29, 0.717) is 5.75 Å². The van der Waals surface area contributed by atoms with Gasteiger partial charge in [0.15, 0.2) is 5.60 Å². The van der Waals surface area contributed by atoms with Gasteiger partial charge in [-0.1, -0.05) is 30.3 Å². The first-order valence-corrected chi connectivity index (χ1v) is 7.10. The Morgan fingerprint density at radius 3 is 2.52 bits per heavy atom. The number of aliphatic carboxylic acids is 1. The maximum absolute atomic E-state index is 11.2. The van der Waals surface area contributed by atoms with Crippen LogP contribution in [0.25, 0.3) is 10.8 Å². The summed E-state index contributed by atoms with van der Waals surface area (Å²) in [7, 11) is 0. The van der Waals surface area contributed by atoms with Crippen LogP contribution in [0.1, 0.15) is 6.42 Å². The smallest absolute Gasteiger partial charge is 0.340 e. The highest BCUT2D eigenvalue weighted by atomic mass is 16.5. The van der Waals surface area contributed by atoms with E-state index in [1.807, 2.05) is 30.3 Å². The molecule has 2 aromatic rings. The van der Waals surface area contributed by atoms with Gasteiger partial charge < -0.3 is 25.2 Å². The number of hydrogen-bond donors (Lipinski definition) is 4. The van der Waals surface area contributed by atoms with Gasteiger partial charge in [0.1, 0.15) is 17.6 Å². The van der Waals surface area contributed by atoms with Gasteiger partial charge in [0, 0.05) is 6.42 Å². The molecule has 120 valence electrons. The molecule has 0 aliphatic heterocycles. The average Bonchev–Trinajstić information content (AvgIpc) is 2.52. The fraction of sp³-hybridized carbons (Fsp3) is 0.235. The number of fused-ring (bicyclic) bond motifs is 1. The molecule has 0 amide bonds. The Kier molecular flexibility index (Phi) is 3.81. The molecular formula is C17H16O6. The van der Waals surface area contributed by atoms with Crippen LogP contribution in [0.3, 0.4) is 0 Å². The number of carboxylic acid groups (broad SMARTS) is 1. The van der Waals surface area contributed by atoms with Crippen molar-refractivity contribution in [2.45, 2.75) is 24.2 Å². The lowest BCUT2D eigenvalue weighted by molar-refractivity contribution is -0.159. The molecule has 4 N–H and O–H groups in total. The van der Waals surface area contributed by atoms with Gasteiger partial charge in [-0.15, -0.1) is 0 Å². The Balaban J connectivity index is 1.95. The highest BCUT2D eigenvalue weighted by Gasteiger charge is 2.44. The lowest BCUT2D eigenvalue weighted by Gasteiger charge is -2.32. The summed E-state index contributed by atoms with van der Waals surface area (Å²) in [5.41, 5.74) is -2.27. The molecule has 0 bridgehead atoms. The Bertz CT molecular complexity index is 784. The van der Waals surface area contributed by atoms with E-state index >= 15 is 0 Å². The number of benzene rings is 2. The first kappa shape index (κ1) is 15.5. The molecular weight excluding hydrogens is 300 g/mol. The molecule has 0 aromatic heterocycles. The van der Waals surface area contributed by atoms with Crippen LogP contribution in [0.15, 0.2) is 54.3 Å². The Hall–Kier alpha value is -2.41. The number of carboxylic acids is 1. The summed E-state index contributed by atoms with van der Waals surface area (Å²) in [6, 6.07) is 12.8. The molecule has 23 heavy (non-hydrogen) atoms. The Morgan fingerprint density at radius 2 is 1.83 bits per heavy atom. The maximum Gasteiger partial charge on any atom is 0.340 e. The third-order valence-corrected chi connectivity index (χ3v) is 3.88. The van der Waals surface area contributed by atoms with Crippen molar-refractivity contribution in [3.05, 3.63) is 54.3 Å². The third-order valence-electron chi connectivity index (χ3n) is 3.88. The van der Waals surface area contributed by atoms with Gasteiger partial charge in [0.25, 0.3) is 0 Å². The number of hydrogen-bond acceptors (Lipinski definition) is 5. The number of aliphatic hydroxyl groups excluding tert-OH is 2. The van der Waals surface area contributed by atoms with Gasteiger partial charge in [0.05, 0.1) is 6.10 Å². The predicted molar refractivity (Wildman–Crippen MR) is 81.9 cm³/mol. The van der Waals surface area contributed by atoms with Crippen LogP contribution in [0, 0.1) is 0 Å². The van der Waals surface area contributed by atoms with Gasteiger partial charge in [0.2, 0.25) is 0 Å². The van der Waals surface area contributed by atoms with Gasteiger partial charge in [-0.05, 0) is 29.0 Å². The van der Waals surface area contributed by atoms with Crippen LogP contribution >= 0.6 is 0 Å². The molecule has 1 aliphatic carbocycles. The molecule has 0 spiro atoms. The summed E-state index contributed by atoms with van der Waals surface area (Å²) in [4.78, 5) is 11.2. The number of aliphatic hydroxyl groups is 3. The second kappa shape index (κ2) is 5.66. The minimum Gasteiger partial charge on any atom is -0.479 e. The van der Waals surface area contributed by atoms with Crippen LogP contribution < -0.4 is 4.74 Å². The summed E-state index contributed by atoms with van der Waals surface area (Å²) < 4.78 is 5.52. The van der Waals surface area contributed by atoms with Crippen LogP contribution in [0.5, 0.6) is 5.75 Å². The van der Waals surface area contributed by atoms with Gasteiger partial charge in [-0.25, -0.2) is 4.79 Å². The van der Waals surface area contributed by atoms with Crippen LogP contribution in [-0.4, -0.2) is 44.2 Å². The second-order valence-corrected chi connectivity index (χ2v) is 5.60. The number of carbonyl (C=O) groups is 1. The molecule has 1 aliphatic rings. The normalized spacial score (nSPS) is 27.5. The van der Waals surface area contributed by atoms with E-state index < -0.39 is 30.2 Å². The van der Waals surface area contributed by atoms with Crippen molar-refractivity contribution in [2.24, 2.45) is 0 Å². The lowest BCUT2D eigenvalue weighted by atomic mass is 9.86. The van der Waals surface area contributed by atoms with Gasteiger partial charge >= 0.3 is 5.97 Å². The topological polar surface area (TPSA) is 107 Å². The van der Waals surface area contributed by atoms with E-state index in [1.54, 1.807) is 12.1 Å². The summed E-state index contributed by atoms with van der Waals surface area (Å²) in [5, 5.41) is 40.8. The summed E-state index contributed by atoms with van der Waals surface area (Å²) in [5.74, 6) is -1.33. The van der Waals surface area contributed by atoms with Gasteiger partial charge in [-0.3, -0.25) is 0 Å². The standard InChI is InChI=1S/C17H16O6/c18-13-8-17(22,16(20)21)9-14(15(13)19)23-12-6-5-10-3-1-2-4-11(10)7-12/h1-7,9,13,15,18-19,22H,8H2,(H,20,21)/t13-,15+,17-/m1/s1. The van der Waals surface area contributed by atoms with E-state index in [9.17, 15) is 20.1 Å². The summed E-state index contributed by atoms with van der Waals surface area (Å²) >= 11 is 0. The summed E-state index contributed by atoms with van der Waals surface area (Å²) in [6.45, 7) is 0.